The molecular weight excluding hydrogens is 308 g/mol. The third-order valence-corrected chi connectivity index (χ3v) is 5.95. The van der Waals surface area contributed by atoms with Crippen molar-refractivity contribution in [3.63, 3.8) is 0 Å². The van der Waals surface area contributed by atoms with Crippen molar-refractivity contribution in [3.05, 3.63) is 70.4 Å². The van der Waals surface area contributed by atoms with Gasteiger partial charge in [-0.15, -0.1) is 22.7 Å². The summed E-state index contributed by atoms with van der Waals surface area (Å²) < 4.78 is 2.59. The van der Waals surface area contributed by atoms with E-state index in [-0.39, 0.29) is 6.61 Å². The van der Waals surface area contributed by atoms with Crippen molar-refractivity contribution in [3.8, 4) is 0 Å². The second-order valence-electron chi connectivity index (χ2n) is 5.13. The Kier molecular flexibility index (Phi) is 3.54. The first-order chi connectivity index (χ1) is 10.9. The Bertz CT molecular complexity index is 962. The van der Waals surface area contributed by atoms with Gasteiger partial charge in [0.15, 0.2) is 0 Å². The number of thiophene rings is 2. The zero-order valence-electron chi connectivity index (χ0n) is 11.8. The van der Waals surface area contributed by atoms with Crippen LogP contribution in [0.4, 0.5) is 0 Å². The highest BCUT2D eigenvalue weighted by Gasteiger charge is 2.08. The summed E-state index contributed by atoms with van der Waals surface area (Å²) in [5.41, 5.74) is 2.15. The van der Waals surface area contributed by atoms with Crippen molar-refractivity contribution in [2.75, 3.05) is 6.61 Å². The Morgan fingerprint density at radius 1 is 0.955 bits per heavy atom. The van der Waals surface area contributed by atoms with Gasteiger partial charge >= 0.3 is 0 Å². The number of aliphatic hydroxyl groups excluding tert-OH is 1. The summed E-state index contributed by atoms with van der Waals surface area (Å²) in [5.74, 6) is 0. The molecule has 0 saturated carbocycles. The summed E-state index contributed by atoms with van der Waals surface area (Å²) >= 11 is 3.48. The molecule has 2 aromatic carbocycles. The number of hydrogen-bond acceptors (Lipinski definition) is 3. The first-order valence-corrected chi connectivity index (χ1v) is 8.82. The summed E-state index contributed by atoms with van der Waals surface area (Å²) in [5, 5.41) is 14.3. The summed E-state index contributed by atoms with van der Waals surface area (Å²) in [6.45, 7) is 0.0573. The van der Waals surface area contributed by atoms with E-state index in [4.69, 9.17) is 0 Å². The normalized spacial score (nSPS) is 12.3. The molecule has 0 radical (unpaired) electrons. The highest BCUT2D eigenvalue weighted by atomic mass is 32.1. The fourth-order valence-corrected chi connectivity index (χ4v) is 4.65. The molecule has 1 N–H and O–H groups in total. The van der Waals surface area contributed by atoms with Gasteiger partial charge < -0.3 is 5.11 Å². The van der Waals surface area contributed by atoms with E-state index in [1.165, 1.54) is 25.7 Å². The van der Waals surface area contributed by atoms with Gasteiger partial charge in [-0.1, -0.05) is 42.5 Å². The molecule has 2 heterocycles. The van der Waals surface area contributed by atoms with Crippen molar-refractivity contribution in [2.45, 2.75) is 0 Å². The molecule has 0 fully saturated rings. The van der Waals surface area contributed by atoms with Gasteiger partial charge in [-0.25, -0.2) is 0 Å². The highest BCUT2D eigenvalue weighted by Crippen LogP contribution is 2.37. The highest BCUT2D eigenvalue weighted by molar-refractivity contribution is 7.26. The zero-order valence-corrected chi connectivity index (χ0v) is 13.5. The van der Waals surface area contributed by atoms with Gasteiger partial charge in [-0.3, -0.25) is 0 Å². The fourth-order valence-electron chi connectivity index (χ4n) is 2.73. The average molecular weight is 322 g/mol. The Hall–Kier alpha value is -1.94. The minimum Gasteiger partial charge on any atom is -0.392 e. The Balaban J connectivity index is 1.95. The van der Waals surface area contributed by atoms with Crippen LogP contribution < -0.4 is 0 Å². The number of benzene rings is 2. The van der Waals surface area contributed by atoms with E-state index in [1.54, 1.807) is 11.3 Å². The van der Waals surface area contributed by atoms with Crippen LogP contribution in [0, 0.1) is 0 Å². The third kappa shape index (κ3) is 2.28. The molecule has 0 amide bonds. The number of fused-ring (bicyclic) bond motifs is 3. The van der Waals surface area contributed by atoms with Gasteiger partial charge in [0.2, 0.25) is 0 Å². The van der Waals surface area contributed by atoms with Crippen molar-refractivity contribution < 1.29 is 5.11 Å². The predicted molar refractivity (Wildman–Crippen MR) is 98.6 cm³/mol. The van der Waals surface area contributed by atoms with E-state index in [0.29, 0.717) is 0 Å². The van der Waals surface area contributed by atoms with Crippen LogP contribution in [0.1, 0.15) is 10.4 Å². The Morgan fingerprint density at radius 3 is 2.64 bits per heavy atom. The molecule has 0 aliphatic heterocycles. The first kappa shape index (κ1) is 13.7. The minimum absolute atomic E-state index is 0.0573. The zero-order chi connectivity index (χ0) is 14.9. The molecule has 0 spiro atoms. The van der Waals surface area contributed by atoms with E-state index in [9.17, 15) is 5.11 Å². The number of aliphatic hydroxyl groups is 1. The lowest BCUT2D eigenvalue weighted by Gasteiger charge is -2.03. The minimum atomic E-state index is 0.0573. The number of hydrogen-bond donors (Lipinski definition) is 1. The van der Waals surface area contributed by atoms with Crippen molar-refractivity contribution in [1.82, 2.24) is 0 Å². The maximum atomic E-state index is 9.71. The molecule has 108 valence electrons. The van der Waals surface area contributed by atoms with Gasteiger partial charge in [0.1, 0.15) is 0 Å². The molecular formula is C19H14OS2. The summed E-state index contributed by atoms with van der Waals surface area (Å²) in [7, 11) is 0. The van der Waals surface area contributed by atoms with Crippen LogP contribution in [-0.4, -0.2) is 11.7 Å². The van der Waals surface area contributed by atoms with Crippen LogP contribution in [0.2, 0.25) is 0 Å². The summed E-state index contributed by atoms with van der Waals surface area (Å²) in [6, 6.07) is 19.0. The largest absolute Gasteiger partial charge is 0.392 e. The molecule has 4 rings (SSSR count). The lowest BCUT2D eigenvalue weighted by molar-refractivity contribution is 0.351. The quantitative estimate of drug-likeness (QED) is 0.517. The van der Waals surface area contributed by atoms with E-state index >= 15 is 0 Å². The molecule has 0 aliphatic carbocycles. The molecule has 0 bridgehead atoms. The lowest BCUT2D eigenvalue weighted by atomic mass is 10.1. The summed E-state index contributed by atoms with van der Waals surface area (Å²) in [4.78, 5) is 1.13. The van der Waals surface area contributed by atoms with Crippen molar-refractivity contribution in [1.29, 1.82) is 0 Å². The van der Waals surface area contributed by atoms with E-state index in [1.807, 2.05) is 22.8 Å². The van der Waals surface area contributed by atoms with Crippen LogP contribution in [0.15, 0.2) is 60.0 Å². The molecule has 0 aliphatic rings. The summed E-state index contributed by atoms with van der Waals surface area (Å²) in [6.07, 6.45) is 2.11. The van der Waals surface area contributed by atoms with Gasteiger partial charge in [0, 0.05) is 25.0 Å². The maximum Gasteiger partial charge on any atom is 0.0695 e. The van der Waals surface area contributed by atoms with Crippen LogP contribution in [0.5, 0.6) is 0 Å². The second kappa shape index (κ2) is 5.69. The molecule has 1 nitrogen and oxygen atoms in total. The third-order valence-electron chi connectivity index (χ3n) is 3.77. The van der Waals surface area contributed by atoms with E-state index < -0.39 is 0 Å². The SMILES string of the molecule is OC/C(=C\c1cccc2c1sc1ccccc12)c1cccs1. The molecule has 4 aromatic rings. The molecule has 0 atom stereocenters. The van der Waals surface area contributed by atoms with E-state index in [2.05, 4.69) is 54.6 Å². The fraction of sp³-hybridized carbons (Fsp3) is 0.0526. The molecule has 0 saturated heterocycles. The molecule has 0 unspecified atom stereocenters. The predicted octanol–water partition coefficient (Wildman–Crippen LogP) is 5.65. The van der Waals surface area contributed by atoms with Gasteiger partial charge in [-0.2, -0.15) is 0 Å². The van der Waals surface area contributed by atoms with Gasteiger partial charge in [0.05, 0.1) is 6.61 Å². The molecule has 2 aromatic heterocycles. The Labute approximate surface area is 136 Å². The second-order valence-corrected chi connectivity index (χ2v) is 7.13. The number of rotatable bonds is 3. The van der Waals surface area contributed by atoms with Gasteiger partial charge in [0.25, 0.3) is 0 Å². The average Bonchev–Trinajstić information content (AvgIpc) is 3.20. The standard InChI is InChI=1S/C19H14OS2/c20-12-14(17-9-4-10-21-17)11-13-5-3-7-16-15-6-1-2-8-18(15)22-19(13)16/h1-11,20H,12H2/b14-11+. The maximum absolute atomic E-state index is 9.71. The van der Waals surface area contributed by atoms with Crippen molar-refractivity contribution in [2.24, 2.45) is 0 Å². The first-order valence-electron chi connectivity index (χ1n) is 7.12. The topological polar surface area (TPSA) is 20.2 Å². The van der Waals surface area contributed by atoms with Crippen LogP contribution in [0.3, 0.4) is 0 Å². The molecule has 22 heavy (non-hydrogen) atoms. The molecule has 3 heteroatoms. The van der Waals surface area contributed by atoms with Crippen LogP contribution >= 0.6 is 22.7 Å². The van der Waals surface area contributed by atoms with Crippen molar-refractivity contribution >= 4 is 54.5 Å². The Morgan fingerprint density at radius 2 is 1.82 bits per heavy atom. The van der Waals surface area contributed by atoms with Crippen LogP contribution in [-0.2, 0) is 0 Å². The lowest BCUT2D eigenvalue weighted by Crippen LogP contribution is -1.87. The van der Waals surface area contributed by atoms with Gasteiger partial charge in [-0.05, 0) is 34.7 Å². The van der Waals surface area contributed by atoms with Crippen LogP contribution in [0.25, 0.3) is 31.8 Å². The smallest absolute Gasteiger partial charge is 0.0695 e. The van der Waals surface area contributed by atoms with E-state index in [0.717, 1.165) is 10.5 Å². The monoisotopic (exact) mass is 322 g/mol.